The van der Waals surface area contributed by atoms with E-state index >= 15 is 0 Å². The number of benzene rings is 1. The second kappa shape index (κ2) is 5.32. The van der Waals surface area contributed by atoms with Crippen LogP contribution in [0.3, 0.4) is 0 Å². The van der Waals surface area contributed by atoms with E-state index in [4.69, 9.17) is 5.73 Å². The standard InChI is InChI=1S/C13H16N2O2S2/c1-9-5-12(14)13(6-10(9)2)19(16,17)15-7-11-3-4-18-8-11/h3-6,8,15H,7,14H2,1-2H3. The molecule has 0 atom stereocenters. The van der Waals surface area contributed by atoms with Gasteiger partial charge in [0.25, 0.3) is 0 Å². The fourth-order valence-corrected chi connectivity index (χ4v) is 3.58. The van der Waals surface area contributed by atoms with Gasteiger partial charge in [-0.05, 0) is 59.5 Å². The average molecular weight is 296 g/mol. The molecule has 2 aromatic rings. The summed E-state index contributed by atoms with van der Waals surface area (Å²) >= 11 is 1.53. The van der Waals surface area contributed by atoms with Gasteiger partial charge in [-0.1, -0.05) is 0 Å². The molecule has 0 fully saturated rings. The van der Waals surface area contributed by atoms with Crippen molar-refractivity contribution in [2.75, 3.05) is 5.73 Å². The molecular formula is C13H16N2O2S2. The lowest BCUT2D eigenvalue weighted by molar-refractivity contribution is 0.581. The summed E-state index contributed by atoms with van der Waals surface area (Å²) in [6.07, 6.45) is 0. The van der Waals surface area contributed by atoms with Crippen molar-refractivity contribution in [3.63, 3.8) is 0 Å². The summed E-state index contributed by atoms with van der Waals surface area (Å²) in [7, 11) is -3.58. The second-order valence-electron chi connectivity index (χ2n) is 4.43. The third kappa shape index (κ3) is 3.15. The first-order chi connectivity index (χ1) is 8.90. The van der Waals surface area contributed by atoms with Crippen LogP contribution in [0.4, 0.5) is 5.69 Å². The van der Waals surface area contributed by atoms with Crippen LogP contribution in [0, 0.1) is 13.8 Å². The van der Waals surface area contributed by atoms with E-state index in [1.165, 1.54) is 11.3 Å². The second-order valence-corrected chi connectivity index (χ2v) is 6.95. The Balaban J connectivity index is 2.27. The predicted octanol–water partition coefficient (Wildman–Crippen LogP) is 2.43. The van der Waals surface area contributed by atoms with Crippen molar-refractivity contribution in [2.45, 2.75) is 25.3 Å². The van der Waals surface area contributed by atoms with Gasteiger partial charge in [-0.3, -0.25) is 0 Å². The predicted molar refractivity (Wildman–Crippen MR) is 78.7 cm³/mol. The Morgan fingerprint density at radius 1 is 1.26 bits per heavy atom. The van der Waals surface area contributed by atoms with Crippen LogP contribution in [0.15, 0.2) is 33.9 Å². The highest BCUT2D eigenvalue weighted by Crippen LogP contribution is 2.22. The van der Waals surface area contributed by atoms with Crippen molar-refractivity contribution in [3.8, 4) is 0 Å². The van der Waals surface area contributed by atoms with Gasteiger partial charge in [0, 0.05) is 6.54 Å². The first-order valence-electron chi connectivity index (χ1n) is 5.77. The van der Waals surface area contributed by atoms with E-state index < -0.39 is 10.0 Å². The molecule has 0 aliphatic heterocycles. The van der Waals surface area contributed by atoms with Gasteiger partial charge in [0.2, 0.25) is 10.0 Å². The topological polar surface area (TPSA) is 72.2 Å². The van der Waals surface area contributed by atoms with Gasteiger partial charge in [-0.25, -0.2) is 13.1 Å². The Kier molecular flexibility index (Phi) is 3.93. The normalized spacial score (nSPS) is 11.7. The third-order valence-corrected chi connectivity index (χ3v) is 5.15. The number of hydrogen-bond acceptors (Lipinski definition) is 4. The Morgan fingerprint density at radius 2 is 1.95 bits per heavy atom. The van der Waals surface area contributed by atoms with Gasteiger partial charge in [-0.2, -0.15) is 11.3 Å². The minimum absolute atomic E-state index is 0.144. The van der Waals surface area contributed by atoms with E-state index in [-0.39, 0.29) is 17.1 Å². The molecule has 0 saturated carbocycles. The van der Waals surface area contributed by atoms with Crippen molar-refractivity contribution >= 4 is 27.0 Å². The fraction of sp³-hybridized carbons (Fsp3) is 0.231. The SMILES string of the molecule is Cc1cc(N)c(S(=O)(=O)NCc2ccsc2)cc1C. The molecule has 1 heterocycles. The summed E-state index contributed by atoms with van der Waals surface area (Å²) in [5.74, 6) is 0. The number of nitrogen functional groups attached to an aromatic ring is 1. The van der Waals surface area contributed by atoms with Crippen LogP contribution in [0.2, 0.25) is 0 Å². The summed E-state index contributed by atoms with van der Waals surface area (Å²) in [6, 6.07) is 5.19. The molecule has 3 N–H and O–H groups in total. The number of hydrogen-bond donors (Lipinski definition) is 2. The molecule has 0 spiro atoms. The molecule has 6 heteroatoms. The molecule has 0 aliphatic rings. The molecule has 4 nitrogen and oxygen atoms in total. The molecule has 0 radical (unpaired) electrons. The van der Waals surface area contributed by atoms with E-state index in [9.17, 15) is 8.42 Å². The maximum Gasteiger partial charge on any atom is 0.242 e. The van der Waals surface area contributed by atoms with Crippen LogP contribution in [0.1, 0.15) is 16.7 Å². The zero-order valence-electron chi connectivity index (χ0n) is 10.8. The van der Waals surface area contributed by atoms with Crippen LogP contribution < -0.4 is 10.5 Å². The number of nitrogens with one attached hydrogen (secondary N) is 1. The van der Waals surface area contributed by atoms with Crippen LogP contribution in [-0.4, -0.2) is 8.42 Å². The Hall–Kier alpha value is -1.37. The first-order valence-corrected chi connectivity index (χ1v) is 8.20. The minimum Gasteiger partial charge on any atom is -0.398 e. The molecule has 1 aromatic carbocycles. The molecule has 0 aliphatic carbocycles. The van der Waals surface area contributed by atoms with E-state index in [1.54, 1.807) is 12.1 Å². The molecule has 19 heavy (non-hydrogen) atoms. The highest BCUT2D eigenvalue weighted by atomic mass is 32.2. The lowest BCUT2D eigenvalue weighted by Gasteiger charge is -2.11. The summed E-state index contributed by atoms with van der Waals surface area (Å²) < 4.78 is 27.0. The largest absolute Gasteiger partial charge is 0.398 e. The van der Waals surface area contributed by atoms with E-state index in [1.807, 2.05) is 30.7 Å². The van der Waals surface area contributed by atoms with Crippen LogP contribution >= 0.6 is 11.3 Å². The van der Waals surface area contributed by atoms with Crippen molar-refractivity contribution in [1.82, 2.24) is 4.72 Å². The smallest absolute Gasteiger partial charge is 0.242 e. The Morgan fingerprint density at radius 3 is 2.58 bits per heavy atom. The first kappa shape index (κ1) is 14.0. The maximum atomic E-state index is 12.2. The molecule has 0 amide bonds. The Bertz CT molecular complexity index is 677. The lowest BCUT2D eigenvalue weighted by atomic mass is 10.1. The van der Waals surface area contributed by atoms with Crippen LogP contribution in [0.25, 0.3) is 0 Å². The highest BCUT2D eigenvalue weighted by Gasteiger charge is 2.18. The Labute approximate surface area is 117 Å². The van der Waals surface area contributed by atoms with Crippen molar-refractivity contribution in [3.05, 3.63) is 45.6 Å². The summed E-state index contributed by atoms with van der Waals surface area (Å²) in [6.45, 7) is 4.05. The van der Waals surface area contributed by atoms with Gasteiger partial charge in [0.15, 0.2) is 0 Å². The third-order valence-electron chi connectivity index (χ3n) is 2.96. The van der Waals surface area contributed by atoms with Crippen molar-refractivity contribution in [2.24, 2.45) is 0 Å². The zero-order chi connectivity index (χ0) is 14.0. The van der Waals surface area contributed by atoms with E-state index in [2.05, 4.69) is 4.72 Å². The summed E-state index contributed by atoms with van der Waals surface area (Å²) in [5.41, 5.74) is 8.92. The average Bonchev–Trinajstić information content (AvgIpc) is 2.84. The van der Waals surface area contributed by atoms with Crippen molar-refractivity contribution in [1.29, 1.82) is 0 Å². The number of nitrogens with two attached hydrogens (primary N) is 1. The molecule has 102 valence electrons. The van der Waals surface area contributed by atoms with E-state index in [0.29, 0.717) is 0 Å². The molecule has 0 saturated heterocycles. The summed E-state index contributed by atoms with van der Waals surface area (Å²) in [5, 5.41) is 3.82. The van der Waals surface area contributed by atoms with Gasteiger partial charge in [0.05, 0.1) is 5.69 Å². The van der Waals surface area contributed by atoms with Crippen molar-refractivity contribution < 1.29 is 8.42 Å². The van der Waals surface area contributed by atoms with Gasteiger partial charge in [-0.15, -0.1) is 0 Å². The molecule has 1 aromatic heterocycles. The quantitative estimate of drug-likeness (QED) is 0.851. The summed E-state index contributed by atoms with van der Waals surface area (Å²) in [4.78, 5) is 0.144. The van der Waals surface area contributed by atoms with E-state index in [0.717, 1.165) is 16.7 Å². The molecule has 0 bridgehead atoms. The van der Waals surface area contributed by atoms with Gasteiger partial charge >= 0.3 is 0 Å². The molecule has 0 unspecified atom stereocenters. The monoisotopic (exact) mass is 296 g/mol. The highest BCUT2D eigenvalue weighted by molar-refractivity contribution is 7.89. The number of thiophene rings is 1. The number of anilines is 1. The maximum absolute atomic E-state index is 12.2. The van der Waals surface area contributed by atoms with Crippen LogP contribution in [-0.2, 0) is 16.6 Å². The van der Waals surface area contributed by atoms with Crippen LogP contribution in [0.5, 0.6) is 0 Å². The lowest BCUT2D eigenvalue weighted by Crippen LogP contribution is -2.24. The van der Waals surface area contributed by atoms with Gasteiger partial charge in [0.1, 0.15) is 4.90 Å². The van der Waals surface area contributed by atoms with Gasteiger partial charge < -0.3 is 5.73 Å². The fourth-order valence-electron chi connectivity index (χ4n) is 1.69. The number of rotatable bonds is 4. The molecule has 2 rings (SSSR count). The number of sulfonamides is 1. The zero-order valence-corrected chi connectivity index (χ0v) is 12.4. The number of aryl methyl sites for hydroxylation is 2. The molecular weight excluding hydrogens is 280 g/mol. The minimum atomic E-state index is -3.58.